The number of rotatable bonds is 3. The van der Waals surface area contributed by atoms with Crippen molar-refractivity contribution in [3.05, 3.63) is 57.7 Å². The highest BCUT2D eigenvalue weighted by molar-refractivity contribution is 14.1. The Morgan fingerprint density at radius 2 is 1.77 bits per heavy atom. The van der Waals surface area contributed by atoms with Crippen molar-refractivity contribution in [2.45, 2.75) is 0 Å². The number of nitrogens with one attached hydrogen (secondary N) is 1. The van der Waals surface area contributed by atoms with Crippen LogP contribution >= 0.6 is 22.6 Å². The molecule has 22 heavy (non-hydrogen) atoms. The number of hydrogen-bond donors (Lipinski definition) is 1. The molecule has 2 aromatic carbocycles. The molecule has 0 aliphatic carbocycles. The lowest BCUT2D eigenvalue weighted by Crippen LogP contribution is -2.16. The number of fused-ring (bicyclic) bond motifs is 1. The Bertz CT molecular complexity index is 710. The molecule has 0 aromatic heterocycles. The first-order chi connectivity index (χ1) is 10.7. The Morgan fingerprint density at radius 3 is 2.55 bits per heavy atom. The molecule has 0 radical (unpaired) electrons. The third kappa shape index (κ3) is 3.79. The molecule has 4 nitrogen and oxygen atoms in total. The quantitative estimate of drug-likeness (QED) is 0.624. The third-order valence-corrected chi connectivity index (χ3v) is 3.83. The van der Waals surface area contributed by atoms with Crippen molar-refractivity contribution in [1.82, 2.24) is 0 Å². The summed E-state index contributed by atoms with van der Waals surface area (Å²) in [5.74, 6) is 1.18. The van der Waals surface area contributed by atoms with Crippen LogP contribution in [-0.4, -0.2) is 19.1 Å². The molecular weight excluding hydrogens is 393 g/mol. The van der Waals surface area contributed by atoms with Crippen LogP contribution in [0.3, 0.4) is 0 Å². The average molecular weight is 407 g/mol. The number of hydrogen-bond acceptors (Lipinski definition) is 3. The van der Waals surface area contributed by atoms with E-state index in [-0.39, 0.29) is 5.91 Å². The Labute approximate surface area is 142 Å². The number of ether oxygens (including phenoxy) is 2. The van der Waals surface area contributed by atoms with Crippen molar-refractivity contribution < 1.29 is 14.3 Å². The van der Waals surface area contributed by atoms with Gasteiger partial charge in [-0.15, -0.1) is 0 Å². The van der Waals surface area contributed by atoms with Crippen molar-refractivity contribution >= 4 is 40.3 Å². The van der Waals surface area contributed by atoms with Crippen LogP contribution in [0.4, 0.5) is 5.69 Å². The van der Waals surface area contributed by atoms with E-state index in [0.717, 1.165) is 9.13 Å². The molecule has 1 heterocycles. The molecule has 112 valence electrons. The number of halogens is 1. The predicted octanol–water partition coefficient (Wildman–Crippen LogP) is 3.71. The van der Waals surface area contributed by atoms with Gasteiger partial charge in [-0.05, 0) is 58.5 Å². The maximum Gasteiger partial charge on any atom is 0.248 e. The van der Waals surface area contributed by atoms with Gasteiger partial charge in [0.25, 0.3) is 0 Å². The smallest absolute Gasteiger partial charge is 0.248 e. The number of benzene rings is 2. The molecule has 1 amide bonds. The molecule has 0 fully saturated rings. The lowest BCUT2D eigenvalue weighted by atomic mass is 10.2. The van der Waals surface area contributed by atoms with E-state index >= 15 is 0 Å². The molecule has 3 rings (SSSR count). The van der Waals surface area contributed by atoms with Gasteiger partial charge >= 0.3 is 0 Å². The average Bonchev–Trinajstić information content (AvgIpc) is 2.54. The molecule has 5 heteroatoms. The summed E-state index contributed by atoms with van der Waals surface area (Å²) in [5, 5.41) is 2.81. The molecule has 0 atom stereocenters. The fourth-order valence-corrected chi connectivity index (χ4v) is 2.41. The monoisotopic (exact) mass is 407 g/mol. The Kier molecular flexibility index (Phi) is 4.62. The summed E-state index contributed by atoms with van der Waals surface area (Å²) >= 11 is 2.24. The van der Waals surface area contributed by atoms with E-state index in [1.807, 2.05) is 24.3 Å². The lowest BCUT2D eigenvalue weighted by Gasteiger charge is -2.18. The maximum atomic E-state index is 11.9. The van der Waals surface area contributed by atoms with Crippen LogP contribution in [0.2, 0.25) is 0 Å². The van der Waals surface area contributed by atoms with Gasteiger partial charge in [-0.3, -0.25) is 4.79 Å². The predicted molar refractivity (Wildman–Crippen MR) is 94.3 cm³/mol. The topological polar surface area (TPSA) is 47.6 Å². The molecule has 1 aliphatic rings. The van der Waals surface area contributed by atoms with Gasteiger partial charge in [0.05, 0.1) is 0 Å². The van der Waals surface area contributed by atoms with Gasteiger partial charge in [-0.2, -0.15) is 0 Å². The van der Waals surface area contributed by atoms with E-state index in [2.05, 4.69) is 27.9 Å². The highest BCUT2D eigenvalue weighted by atomic mass is 127. The van der Waals surface area contributed by atoms with Gasteiger partial charge in [-0.25, -0.2) is 0 Å². The van der Waals surface area contributed by atoms with Gasteiger partial charge in [0, 0.05) is 21.4 Å². The first-order valence-corrected chi connectivity index (χ1v) is 7.93. The Balaban J connectivity index is 1.65. The number of anilines is 1. The van der Waals surface area contributed by atoms with E-state index in [9.17, 15) is 4.79 Å². The Hall–Kier alpha value is -2.02. The molecule has 0 saturated carbocycles. The van der Waals surface area contributed by atoms with E-state index in [1.165, 1.54) is 6.08 Å². The van der Waals surface area contributed by atoms with Crippen LogP contribution in [0.25, 0.3) is 6.08 Å². The van der Waals surface area contributed by atoms with Gasteiger partial charge in [0.2, 0.25) is 5.91 Å². The zero-order chi connectivity index (χ0) is 15.4. The van der Waals surface area contributed by atoms with E-state index in [1.54, 1.807) is 24.3 Å². The van der Waals surface area contributed by atoms with Crippen LogP contribution in [0.1, 0.15) is 5.56 Å². The molecule has 0 spiro atoms. The number of carbonyl (C=O) groups is 1. The number of amides is 1. The van der Waals surface area contributed by atoms with Crippen molar-refractivity contribution in [3.63, 3.8) is 0 Å². The fraction of sp³-hybridized carbons (Fsp3) is 0.118. The molecule has 1 N–H and O–H groups in total. The second-order valence-corrected chi connectivity index (χ2v) is 5.98. The fourth-order valence-electron chi connectivity index (χ4n) is 2.05. The minimum absolute atomic E-state index is 0.185. The van der Waals surface area contributed by atoms with Gasteiger partial charge in [0.15, 0.2) is 11.5 Å². The first-order valence-electron chi connectivity index (χ1n) is 6.85. The van der Waals surface area contributed by atoms with E-state index < -0.39 is 0 Å². The summed E-state index contributed by atoms with van der Waals surface area (Å²) in [5.41, 5.74) is 1.67. The summed E-state index contributed by atoms with van der Waals surface area (Å²) in [6, 6.07) is 13.3. The first kappa shape index (κ1) is 14.9. The summed E-state index contributed by atoms with van der Waals surface area (Å²) in [7, 11) is 0. The summed E-state index contributed by atoms with van der Waals surface area (Å²) in [6.45, 7) is 1.08. The minimum Gasteiger partial charge on any atom is -0.486 e. The summed E-state index contributed by atoms with van der Waals surface area (Å²) in [4.78, 5) is 11.9. The molecular formula is C17H14INO3. The zero-order valence-corrected chi connectivity index (χ0v) is 13.9. The van der Waals surface area contributed by atoms with Gasteiger partial charge in [-0.1, -0.05) is 12.1 Å². The van der Waals surface area contributed by atoms with E-state index in [4.69, 9.17) is 9.47 Å². The highest BCUT2D eigenvalue weighted by Crippen LogP contribution is 2.32. The third-order valence-electron chi connectivity index (χ3n) is 3.11. The largest absolute Gasteiger partial charge is 0.486 e. The Morgan fingerprint density at radius 1 is 1.05 bits per heavy atom. The molecule has 2 aromatic rings. The van der Waals surface area contributed by atoms with Crippen LogP contribution < -0.4 is 14.8 Å². The summed E-state index contributed by atoms with van der Waals surface area (Å²) in [6.07, 6.45) is 3.29. The SMILES string of the molecule is O=C(/C=C/c1ccc(I)cc1)Nc1ccc2c(c1)OCCO2. The van der Waals surface area contributed by atoms with Crippen molar-refractivity contribution in [2.75, 3.05) is 18.5 Å². The highest BCUT2D eigenvalue weighted by Gasteiger charge is 2.12. The second kappa shape index (κ2) is 6.83. The van der Waals surface area contributed by atoms with E-state index in [0.29, 0.717) is 30.4 Å². The van der Waals surface area contributed by atoms with Gasteiger partial charge in [0.1, 0.15) is 13.2 Å². The molecule has 0 bridgehead atoms. The van der Waals surface area contributed by atoms with Crippen LogP contribution in [0.5, 0.6) is 11.5 Å². The van der Waals surface area contributed by atoms with Crippen molar-refractivity contribution in [3.8, 4) is 11.5 Å². The van der Waals surface area contributed by atoms with Crippen LogP contribution in [-0.2, 0) is 4.79 Å². The standard InChI is InChI=1S/C17H14INO3/c18-13-4-1-12(2-5-13)3-8-17(20)19-14-6-7-15-16(11-14)22-10-9-21-15/h1-8,11H,9-10H2,(H,19,20)/b8-3+. The minimum atomic E-state index is -0.185. The molecule has 1 aliphatic heterocycles. The van der Waals surface area contributed by atoms with Crippen LogP contribution in [0.15, 0.2) is 48.5 Å². The molecule has 0 unspecified atom stereocenters. The normalized spacial score (nSPS) is 13.1. The second-order valence-electron chi connectivity index (χ2n) is 4.73. The van der Waals surface area contributed by atoms with Gasteiger partial charge < -0.3 is 14.8 Å². The summed E-state index contributed by atoms with van der Waals surface area (Å²) < 4.78 is 12.1. The zero-order valence-electron chi connectivity index (χ0n) is 11.7. The lowest BCUT2D eigenvalue weighted by molar-refractivity contribution is -0.111. The number of carbonyl (C=O) groups excluding carboxylic acids is 1. The molecule has 0 saturated heterocycles. The maximum absolute atomic E-state index is 11.9. The van der Waals surface area contributed by atoms with Crippen LogP contribution in [0, 0.1) is 3.57 Å². The van der Waals surface area contributed by atoms with Crippen molar-refractivity contribution in [2.24, 2.45) is 0 Å². The van der Waals surface area contributed by atoms with Crippen molar-refractivity contribution in [1.29, 1.82) is 0 Å².